The average molecular weight is 352 g/mol. The Labute approximate surface area is 152 Å². The quantitative estimate of drug-likeness (QED) is 0.459. The first-order valence-electron chi connectivity index (χ1n) is 8.49. The number of para-hydroxylation sites is 1. The van der Waals surface area contributed by atoms with Gasteiger partial charge >= 0.3 is 0 Å². The van der Waals surface area contributed by atoms with Gasteiger partial charge in [0.25, 0.3) is 0 Å². The number of oxazole rings is 1. The van der Waals surface area contributed by atoms with E-state index in [1.165, 1.54) is 12.1 Å². The highest BCUT2D eigenvalue weighted by Crippen LogP contribution is 2.19. The molecular formula is C21H21FN2O2. The standard InChI is InChI=1S/C21H21FN2O2/c1-2-13-25-20-6-4-3-5-17(20)14-23-12-11-19-15-26-21(24-19)16-7-9-18(22)10-8-16/h2-10,15,23H,1,11-14H2. The smallest absolute Gasteiger partial charge is 0.226 e. The lowest BCUT2D eigenvalue weighted by atomic mass is 10.2. The Bertz CT molecular complexity index is 843. The molecular weight excluding hydrogens is 331 g/mol. The van der Waals surface area contributed by atoms with Gasteiger partial charge < -0.3 is 14.5 Å². The summed E-state index contributed by atoms with van der Waals surface area (Å²) in [6, 6.07) is 14.0. The zero-order chi connectivity index (χ0) is 18.2. The lowest BCUT2D eigenvalue weighted by molar-refractivity contribution is 0.358. The van der Waals surface area contributed by atoms with Crippen LogP contribution in [0.5, 0.6) is 5.75 Å². The van der Waals surface area contributed by atoms with Crippen molar-refractivity contribution in [3.63, 3.8) is 0 Å². The van der Waals surface area contributed by atoms with E-state index in [0.717, 1.165) is 35.5 Å². The van der Waals surface area contributed by atoms with Crippen molar-refractivity contribution in [1.29, 1.82) is 0 Å². The summed E-state index contributed by atoms with van der Waals surface area (Å²) in [7, 11) is 0. The van der Waals surface area contributed by atoms with E-state index in [-0.39, 0.29) is 5.82 Å². The minimum Gasteiger partial charge on any atom is -0.489 e. The van der Waals surface area contributed by atoms with Crippen molar-refractivity contribution < 1.29 is 13.5 Å². The summed E-state index contributed by atoms with van der Waals surface area (Å²) in [5, 5.41) is 3.39. The van der Waals surface area contributed by atoms with Crippen LogP contribution in [0.1, 0.15) is 11.3 Å². The van der Waals surface area contributed by atoms with Crippen molar-refractivity contribution in [2.75, 3.05) is 13.2 Å². The zero-order valence-corrected chi connectivity index (χ0v) is 14.5. The summed E-state index contributed by atoms with van der Waals surface area (Å²) in [4.78, 5) is 4.45. The fraction of sp³-hybridized carbons (Fsp3) is 0.190. The molecule has 0 spiro atoms. The van der Waals surface area contributed by atoms with Gasteiger partial charge in [-0.25, -0.2) is 9.37 Å². The van der Waals surface area contributed by atoms with Crippen molar-refractivity contribution in [3.05, 3.63) is 84.5 Å². The molecule has 0 saturated heterocycles. The third-order valence-electron chi connectivity index (χ3n) is 3.85. The molecule has 0 atom stereocenters. The summed E-state index contributed by atoms with van der Waals surface area (Å²) >= 11 is 0. The van der Waals surface area contributed by atoms with Crippen LogP contribution in [-0.2, 0) is 13.0 Å². The molecule has 0 aliphatic rings. The Hall–Kier alpha value is -2.92. The van der Waals surface area contributed by atoms with Gasteiger partial charge in [-0.2, -0.15) is 0 Å². The second-order valence-electron chi connectivity index (χ2n) is 5.79. The molecule has 1 aromatic heterocycles. The van der Waals surface area contributed by atoms with Crippen LogP contribution in [0.2, 0.25) is 0 Å². The maximum atomic E-state index is 13.0. The Kier molecular flexibility index (Phi) is 6.17. The SMILES string of the molecule is C=CCOc1ccccc1CNCCc1coc(-c2ccc(F)cc2)n1. The largest absolute Gasteiger partial charge is 0.489 e. The molecule has 2 aromatic carbocycles. The lowest BCUT2D eigenvalue weighted by Gasteiger charge is -2.10. The molecule has 0 aliphatic carbocycles. The van der Waals surface area contributed by atoms with Crippen molar-refractivity contribution in [1.82, 2.24) is 10.3 Å². The van der Waals surface area contributed by atoms with Gasteiger partial charge in [0.15, 0.2) is 0 Å². The second kappa shape index (κ2) is 8.97. The van der Waals surface area contributed by atoms with Gasteiger partial charge in [-0.15, -0.1) is 0 Å². The molecule has 0 bridgehead atoms. The third-order valence-corrected chi connectivity index (χ3v) is 3.85. The average Bonchev–Trinajstić information content (AvgIpc) is 3.14. The monoisotopic (exact) mass is 352 g/mol. The summed E-state index contributed by atoms with van der Waals surface area (Å²) in [5.74, 6) is 1.09. The van der Waals surface area contributed by atoms with Crippen LogP contribution >= 0.6 is 0 Å². The van der Waals surface area contributed by atoms with Gasteiger partial charge in [0, 0.05) is 30.6 Å². The van der Waals surface area contributed by atoms with E-state index in [2.05, 4.69) is 16.9 Å². The highest BCUT2D eigenvalue weighted by atomic mass is 19.1. The first kappa shape index (κ1) is 17.9. The molecule has 0 saturated carbocycles. The fourth-order valence-electron chi connectivity index (χ4n) is 2.53. The van der Waals surface area contributed by atoms with Gasteiger partial charge in [0.1, 0.15) is 24.4 Å². The molecule has 0 unspecified atom stereocenters. The van der Waals surface area contributed by atoms with Crippen LogP contribution in [0.3, 0.4) is 0 Å². The predicted octanol–water partition coefficient (Wildman–Crippen LogP) is 4.38. The highest BCUT2D eigenvalue weighted by Gasteiger charge is 2.07. The van der Waals surface area contributed by atoms with Gasteiger partial charge in [-0.3, -0.25) is 0 Å². The molecule has 3 aromatic rings. The number of ether oxygens (including phenoxy) is 1. The highest BCUT2D eigenvalue weighted by molar-refractivity contribution is 5.52. The van der Waals surface area contributed by atoms with Crippen LogP contribution in [0.4, 0.5) is 4.39 Å². The van der Waals surface area contributed by atoms with Gasteiger partial charge in [-0.1, -0.05) is 30.9 Å². The van der Waals surface area contributed by atoms with E-state index in [1.54, 1.807) is 24.5 Å². The molecule has 1 heterocycles. The van der Waals surface area contributed by atoms with Crippen molar-refractivity contribution in [3.8, 4) is 17.2 Å². The second-order valence-corrected chi connectivity index (χ2v) is 5.79. The summed E-state index contributed by atoms with van der Waals surface area (Å²) in [6.07, 6.45) is 4.11. The normalized spacial score (nSPS) is 10.7. The first-order valence-corrected chi connectivity index (χ1v) is 8.49. The Morgan fingerprint density at radius 3 is 2.77 bits per heavy atom. The maximum absolute atomic E-state index is 13.0. The van der Waals surface area contributed by atoms with Gasteiger partial charge in [0.2, 0.25) is 5.89 Å². The van der Waals surface area contributed by atoms with E-state index < -0.39 is 0 Å². The number of nitrogens with zero attached hydrogens (tertiary/aromatic N) is 1. The minimum absolute atomic E-state index is 0.276. The van der Waals surface area contributed by atoms with E-state index in [1.807, 2.05) is 24.3 Å². The summed E-state index contributed by atoms with van der Waals surface area (Å²) in [5.41, 5.74) is 2.72. The lowest BCUT2D eigenvalue weighted by Crippen LogP contribution is -2.17. The number of nitrogens with one attached hydrogen (secondary N) is 1. The molecule has 1 N–H and O–H groups in total. The molecule has 0 aliphatic heterocycles. The molecule has 3 rings (SSSR count). The van der Waals surface area contributed by atoms with E-state index in [4.69, 9.17) is 9.15 Å². The molecule has 4 nitrogen and oxygen atoms in total. The molecule has 0 fully saturated rings. The number of hydrogen-bond acceptors (Lipinski definition) is 4. The van der Waals surface area contributed by atoms with E-state index in [9.17, 15) is 4.39 Å². The Morgan fingerprint density at radius 2 is 1.96 bits per heavy atom. The minimum atomic E-state index is -0.276. The number of benzene rings is 2. The topological polar surface area (TPSA) is 47.3 Å². The maximum Gasteiger partial charge on any atom is 0.226 e. The van der Waals surface area contributed by atoms with Crippen LogP contribution in [0.25, 0.3) is 11.5 Å². The molecule has 26 heavy (non-hydrogen) atoms. The predicted molar refractivity (Wildman–Crippen MR) is 99.4 cm³/mol. The van der Waals surface area contributed by atoms with Crippen LogP contribution in [0, 0.1) is 5.82 Å². The third kappa shape index (κ3) is 4.80. The van der Waals surface area contributed by atoms with E-state index in [0.29, 0.717) is 19.0 Å². The number of aromatic nitrogens is 1. The van der Waals surface area contributed by atoms with Gasteiger partial charge in [0.05, 0.1) is 5.69 Å². The molecule has 5 heteroatoms. The molecule has 134 valence electrons. The van der Waals surface area contributed by atoms with Crippen LogP contribution in [0.15, 0.2) is 71.9 Å². The van der Waals surface area contributed by atoms with Crippen molar-refractivity contribution in [2.45, 2.75) is 13.0 Å². The molecule has 0 amide bonds. The van der Waals surface area contributed by atoms with Crippen LogP contribution < -0.4 is 10.1 Å². The van der Waals surface area contributed by atoms with E-state index >= 15 is 0 Å². The zero-order valence-electron chi connectivity index (χ0n) is 14.5. The number of halogens is 1. The fourth-order valence-corrected chi connectivity index (χ4v) is 2.53. The summed E-state index contributed by atoms with van der Waals surface area (Å²) < 4.78 is 24.1. The number of hydrogen-bond donors (Lipinski definition) is 1. The van der Waals surface area contributed by atoms with Crippen molar-refractivity contribution in [2.24, 2.45) is 0 Å². The van der Waals surface area contributed by atoms with Gasteiger partial charge in [-0.05, 0) is 30.3 Å². The number of rotatable bonds is 9. The first-order chi connectivity index (χ1) is 12.8. The summed E-state index contributed by atoms with van der Waals surface area (Å²) in [6.45, 7) is 5.62. The Morgan fingerprint density at radius 1 is 1.15 bits per heavy atom. The molecule has 0 radical (unpaired) electrons. The Balaban J connectivity index is 1.50. The van der Waals surface area contributed by atoms with Crippen molar-refractivity contribution >= 4 is 0 Å². The van der Waals surface area contributed by atoms with Crippen LogP contribution in [-0.4, -0.2) is 18.1 Å².